The first kappa shape index (κ1) is 21.8. The molecular formula is C22H29N3O5. The highest BCUT2D eigenvalue weighted by molar-refractivity contribution is 6.02. The highest BCUT2D eigenvalue weighted by Crippen LogP contribution is 2.26. The van der Waals surface area contributed by atoms with Crippen molar-refractivity contribution in [3.8, 4) is 0 Å². The highest BCUT2D eigenvalue weighted by atomic mass is 16.5. The molecule has 1 saturated heterocycles. The molecule has 0 amide bonds. The summed E-state index contributed by atoms with van der Waals surface area (Å²) in [6.07, 6.45) is 3.57. The number of rotatable bonds is 7. The summed E-state index contributed by atoms with van der Waals surface area (Å²) in [5.41, 5.74) is 2.76. The van der Waals surface area contributed by atoms with Gasteiger partial charge in [0.25, 0.3) is 0 Å². The molecule has 2 aromatic rings. The molecule has 2 aromatic heterocycles. The molecule has 30 heavy (non-hydrogen) atoms. The highest BCUT2D eigenvalue weighted by Gasteiger charge is 2.27. The standard InChI is InChI=1S/C22H29N3O5/c1-5-30-22(28)19-14(2)20(23-15(19)3)18(26)13-24-11-8-16(9-12-24)25-10-6-7-17(25)21(27)29-4/h6-7,10,16,23H,5,8-9,11-13H2,1-4H3. The van der Waals surface area contributed by atoms with Crippen LogP contribution in [0, 0.1) is 13.8 Å². The van der Waals surface area contributed by atoms with Crippen LogP contribution in [0.5, 0.6) is 0 Å². The third-order valence-electron chi connectivity index (χ3n) is 5.69. The maximum absolute atomic E-state index is 12.9. The number of likely N-dealkylation sites (tertiary alicyclic amines) is 1. The molecule has 0 bridgehead atoms. The van der Waals surface area contributed by atoms with Crippen molar-refractivity contribution in [2.75, 3.05) is 33.4 Å². The van der Waals surface area contributed by atoms with Crippen LogP contribution in [0.4, 0.5) is 0 Å². The number of nitrogens with one attached hydrogen (secondary N) is 1. The molecule has 0 unspecified atom stereocenters. The van der Waals surface area contributed by atoms with Gasteiger partial charge < -0.3 is 19.0 Å². The lowest BCUT2D eigenvalue weighted by molar-refractivity contribution is 0.0523. The second-order valence-electron chi connectivity index (χ2n) is 7.57. The number of aryl methyl sites for hydroxylation is 1. The van der Waals surface area contributed by atoms with Gasteiger partial charge in [-0.25, -0.2) is 9.59 Å². The lowest BCUT2D eigenvalue weighted by Gasteiger charge is -2.32. The van der Waals surface area contributed by atoms with Crippen LogP contribution in [0.3, 0.4) is 0 Å². The molecule has 0 saturated carbocycles. The predicted octanol–water partition coefficient (Wildman–Crippen LogP) is 2.92. The van der Waals surface area contributed by atoms with Gasteiger partial charge in [-0.2, -0.15) is 0 Å². The number of ketones is 1. The number of methoxy groups -OCH3 is 1. The topological polar surface area (TPSA) is 93.6 Å². The number of Topliss-reactive ketones (excluding diaryl/α,β-unsaturated/α-hetero) is 1. The fraction of sp³-hybridized carbons (Fsp3) is 0.500. The summed E-state index contributed by atoms with van der Waals surface area (Å²) >= 11 is 0. The summed E-state index contributed by atoms with van der Waals surface area (Å²) in [6.45, 7) is 7.38. The Morgan fingerprint density at radius 2 is 1.87 bits per heavy atom. The number of H-pyrrole nitrogens is 1. The van der Waals surface area contributed by atoms with Gasteiger partial charge >= 0.3 is 11.9 Å². The quantitative estimate of drug-likeness (QED) is 0.552. The van der Waals surface area contributed by atoms with Crippen LogP contribution in [0.25, 0.3) is 0 Å². The molecule has 1 aliphatic rings. The molecule has 0 aliphatic carbocycles. The van der Waals surface area contributed by atoms with Crippen molar-refractivity contribution >= 4 is 17.7 Å². The molecule has 0 aromatic carbocycles. The Morgan fingerprint density at radius 3 is 2.50 bits per heavy atom. The summed E-state index contributed by atoms with van der Waals surface area (Å²) in [5, 5.41) is 0. The lowest BCUT2D eigenvalue weighted by Crippen LogP contribution is -2.38. The molecule has 3 heterocycles. The van der Waals surface area contributed by atoms with Crippen LogP contribution in [-0.2, 0) is 9.47 Å². The minimum Gasteiger partial charge on any atom is -0.464 e. The molecule has 3 rings (SSSR count). The average Bonchev–Trinajstić information content (AvgIpc) is 3.32. The van der Waals surface area contributed by atoms with E-state index in [-0.39, 0.29) is 24.3 Å². The minimum atomic E-state index is -0.406. The van der Waals surface area contributed by atoms with E-state index in [2.05, 4.69) is 9.88 Å². The number of hydrogen-bond donors (Lipinski definition) is 1. The minimum absolute atomic E-state index is 0.0409. The zero-order valence-electron chi connectivity index (χ0n) is 18.0. The number of aromatic amines is 1. The van der Waals surface area contributed by atoms with Crippen molar-refractivity contribution in [2.24, 2.45) is 0 Å². The molecule has 0 spiro atoms. The number of aromatic nitrogens is 2. The van der Waals surface area contributed by atoms with Gasteiger partial charge in [-0.15, -0.1) is 0 Å². The molecule has 8 nitrogen and oxygen atoms in total. The Balaban J connectivity index is 1.63. The zero-order chi connectivity index (χ0) is 21.8. The fourth-order valence-electron chi connectivity index (χ4n) is 4.17. The van der Waals surface area contributed by atoms with Gasteiger partial charge in [0.2, 0.25) is 0 Å². The monoisotopic (exact) mass is 415 g/mol. The SMILES string of the molecule is CCOC(=O)c1c(C)[nH]c(C(=O)CN2CCC(n3cccc3C(=O)OC)CC2)c1C. The van der Waals surface area contributed by atoms with Crippen molar-refractivity contribution in [2.45, 2.75) is 39.7 Å². The summed E-state index contributed by atoms with van der Waals surface area (Å²) < 4.78 is 11.9. The summed E-state index contributed by atoms with van der Waals surface area (Å²) in [7, 11) is 1.38. The molecule has 1 aliphatic heterocycles. The molecule has 1 fully saturated rings. The normalized spacial score (nSPS) is 15.2. The van der Waals surface area contributed by atoms with Crippen LogP contribution < -0.4 is 0 Å². The van der Waals surface area contributed by atoms with Crippen LogP contribution in [0.2, 0.25) is 0 Å². The van der Waals surface area contributed by atoms with Crippen molar-refractivity contribution in [1.82, 2.24) is 14.5 Å². The predicted molar refractivity (Wildman–Crippen MR) is 111 cm³/mol. The van der Waals surface area contributed by atoms with Crippen LogP contribution in [0.15, 0.2) is 18.3 Å². The summed E-state index contributed by atoms with van der Waals surface area (Å²) in [6, 6.07) is 3.81. The van der Waals surface area contributed by atoms with Crippen molar-refractivity contribution in [1.29, 1.82) is 0 Å². The van der Waals surface area contributed by atoms with E-state index in [9.17, 15) is 14.4 Å². The smallest absolute Gasteiger partial charge is 0.354 e. The number of carbonyl (C=O) groups is 3. The Morgan fingerprint density at radius 1 is 1.17 bits per heavy atom. The van der Waals surface area contributed by atoms with E-state index in [1.807, 2.05) is 16.8 Å². The van der Waals surface area contributed by atoms with Gasteiger partial charge in [0, 0.05) is 31.0 Å². The van der Waals surface area contributed by atoms with Crippen molar-refractivity contribution in [3.05, 3.63) is 46.5 Å². The van der Waals surface area contributed by atoms with Crippen LogP contribution in [0.1, 0.15) is 68.4 Å². The van der Waals surface area contributed by atoms with E-state index in [0.717, 1.165) is 25.9 Å². The molecule has 1 N–H and O–H groups in total. The van der Waals surface area contributed by atoms with Crippen molar-refractivity contribution < 1.29 is 23.9 Å². The van der Waals surface area contributed by atoms with E-state index >= 15 is 0 Å². The van der Waals surface area contributed by atoms with Crippen LogP contribution >= 0.6 is 0 Å². The lowest BCUT2D eigenvalue weighted by atomic mass is 10.0. The molecule has 162 valence electrons. The average molecular weight is 415 g/mol. The number of esters is 2. The van der Waals surface area contributed by atoms with E-state index in [1.165, 1.54) is 7.11 Å². The maximum Gasteiger partial charge on any atom is 0.354 e. The number of carbonyl (C=O) groups excluding carboxylic acids is 3. The molecule has 0 radical (unpaired) electrons. The number of hydrogen-bond acceptors (Lipinski definition) is 6. The fourth-order valence-corrected chi connectivity index (χ4v) is 4.17. The number of piperidine rings is 1. The van der Waals surface area contributed by atoms with E-state index in [4.69, 9.17) is 9.47 Å². The molecule has 0 atom stereocenters. The third-order valence-corrected chi connectivity index (χ3v) is 5.69. The first-order valence-corrected chi connectivity index (χ1v) is 10.2. The van der Waals surface area contributed by atoms with Gasteiger partial charge in [-0.05, 0) is 51.3 Å². The maximum atomic E-state index is 12.9. The van der Waals surface area contributed by atoms with Gasteiger partial charge in [0.15, 0.2) is 5.78 Å². The van der Waals surface area contributed by atoms with E-state index in [1.54, 1.807) is 26.8 Å². The molecular weight excluding hydrogens is 386 g/mol. The largest absolute Gasteiger partial charge is 0.464 e. The van der Waals surface area contributed by atoms with Gasteiger partial charge in [0.1, 0.15) is 5.69 Å². The summed E-state index contributed by atoms with van der Waals surface area (Å²) in [5.74, 6) is -0.787. The number of ether oxygens (including phenoxy) is 2. The Labute approximate surface area is 176 Å². The Hall–Kier alpha value is -2.87. The second kappa shape index (κ2) is 9.30. The Kier molecular flexibility index (Phi) is 6.77. The first-order chi connectivity index (χ1) is 14.4. The van der Waals surface area contributed by atoms with Gasteiger partial charge in [0.05, 0.1) is 31.5 Å². The number of nitrogens with zero attached hydrogens (tertiary/aromatic N) is 2. The second-order valence-corrected chi connectivity index (χ2v) is 7.57. The van der Waals surface area contributed by atoms with Crippen molar-refractivity contribution in [3.63, 3.8) is 0 Å². The first-order valence-electron chi connectivity index (χ1n) is 10.2. The third kappa shape index (κ3) is 4.33. The summed E-state index contributed by atoms with van der Waals surface area (Å²) in [4.78, 5) is 42.1. The van der Waals surface area contributed by atoms with E-state index in [0.29, 0.717) is 34.8 Å². The Bertz CT molecular complexity index is 935. The van der Waals surface area contributed by atoms with E-state index < -0.39 is 5.97 Å². The van der Waals surface area contributed by atoms with Crippen LogP contribution in [-0.4, -0.2) is 65.5 Å². The molecule has 8 heteroatoms. The van der Waals surface area contributed by atoms with Gasteiger partial charge in [-0.3, -0.25) is 9.69 Å². The zero-order valence-corrected chi connectivity index (χ0v) is 18.0. The van der Waals surface area contributed by atoms with Gasteiger partial charge in [-0.1, -0.05) is 0 Å².